The third-order valence-corrected chi connectivity index (χ3v) is 6.06. The summed E-state index contributed by atoms with van der Waals surface area (Å²) in [5.74, 6) is 0.538. The summed E-state index contributed by atoms with van der Waals surface area (Å²) in [6, 6.07) is 0. The Balaban J connectivity index is 2.33. The Morgan fingerprint density at radius 3 is 2.21 bits per heavy atom. The SMILES string of the molecule is CCCC(CCC)C(=O)N1CCN(CCNP(C)(=O)OCC)CC1. The normalized spacial score (nSPS) is 18.8. The van der Waals surface area contributed by atoms with E-state index < -0.39 is 7.52 Å². The Morgan fingerprint density at radius 2 is 1.71 bits per heavy atom. The number of piperazine rings is 1. The van der Waals surface area contributed by atoms with Crippen LogP contribution in [-0.2, 0) is 13.9 Å². The van der Waals surface area contributed by atoms with Crippen LogP contribution >= 0.6 is 7.52 Å². The van der Waals surface area contributed by atoms with Gasteiger partial charge in [0.1, 0.15) is 0 Å². The predicted molar refractivity (Wildman–Crippen MR) is 99.5 cm³/mol. The minimum atomic E-state index is -2.66. The molecule has 24 heavy (non-hydrogen) atoms. The van der Waals surface area contributed by atoms with Gasteiger partial charge in [-0.1, -0.05) is 26.7 Å². The Morgan fingerprint density at radius 1 is 1.12 bits per heavy atom. The molecule has 1 aliphatic rings. The average Bonchev–Trinajstić information content (AvgIpc) is 2.54. The van der Waals surface area contributed by atoms with Crippen LogP contribution < -0.4 is 5.09 Å². The molecular formula is C17H36N3O3P. The molecule has 0 radical (unpaired) electrons. The first-order valence-electron chi connectivity index (χ1n) is 9.41. The minimum Gasteiger partial charge on any atom is -0.340 e. The topological polar surface area (TPSA) is 61.9 Å². The number of hydrogen-bond acceptors (Lipinski definition) is 4. The minimum absolute atomic E-state index is 0.199. The summed E-state index contributed by atoms with van der Waals surface area (Å²) in [4.78, 5) is 17.0. The van der Waals surface area contributed by atoms with Crippen molar-refractivity contribution in [2.24, 2.45) is 5.92 Å². The van der Waals surface area contributed by atoms with Crippen LogP contribution in [0, 0.1) is 5.92 Å². The van der Waals surface area contributed by atoms with E-state index in [0.717, 1.165) is 58.4 Å². The molecule has 6 nitrogen and oxygen atoms in total. The van der Waals surface area contributed by atoms with E-state index in [1.807, 2.05) is 11.8 Å². The maximum Gasteiger partial charge on any atom is 0.266 e. The molecule has 1 aliphatic heterocycles. The van der Waals surface area contributed by atoms with Crippen molar-refractivity contribution in [2.45, 2.75) is 46.5 Å². The Kier molecular flexibility index (Phi) is 10.1. The van der Waals surface area contributed by atoms with Crippen LogP contribution in [0.3, 0.4) is 0 Å². The van der Waals surface area contributed by atoms with Crippen LogP contribution in [0.5, 0.6) is 0 Å². The highest BCUT2D eigenvalue weighted by Gasteiger charge is 2.26. The zero-order valence-corrected chi connectivity index (χ0v) is 16.8. The van der Waals surface area contributed by atoms with Crippen LogP contribution in [0.1, 0.15) is 46.5 Å². The van der Waals surface area contributed by atoms with Crippen LogP contribution in [0.4, 0.5) is 0 Å². The molecule has 0 spiro atoms. The molecule has 1 fully saturated rings. The Labute approximate surface area is 147 Å². The second kappa shape index (κ2) is 11.2. The molecule has 0 aliphatic carbocycles. The van der Waals surface area contributed by atoms with E-state index in [9.17, 15) is 9.36 Å². The number of carbonyl (C=O) groups is 1. The van der Waals surface area contributed by atoms with Gasteiger partial charge in [-0.25, -0.2) is 5.09 Å². The van der Waals surface area contributed by atoms with Gasteiger partial charge in [-0.2, -0.15) is 0 Å². The first-order valence-corrected chi connectivity index (χ1v) is 11.5. The van der Waals surface area contributed by atoms with Crippen LogP contribution in [0.25, 0.3) is 0 Å². The molecule has 0 aromatic heterocycles. The van der Waals surface area contributed by atoms with E-state index in [0.29, 0.717) is 19.1 Å². The maximum atomic E-state index is 12.6. The second-order valence-electron chi connectivity index (χ2n) is 6.61. The van der Waals surface area contributed by atoms with Gasteiger partial charge < -0.3 is 9.42 Å². The van der Waals surface area contributed by atoms with Gasteiger partial charge in [0.2, 0.25) is 5.91 Å². The zero-order valence-electron chi connectivity index (χ0n) is 15.9. The summed E-state index contributed by atoms with van der Waals surface area (Å²) < 4.78 is 17.2. The van der Waals surface area contributed by atoms with Crippen molar-refractivity contribution >= 4 is 13.4 Å². The van der Waals surface area contributed by atoms with Gasteiger partial charge in [-0.05, 0) is 19.8 Å². The molecule has 0 aromatic carbocycles. The van der Waals surface area contributed by atoms with E-state index in [4.69, 9.17) is 4.52 Å². The predicted octanol–water partition coefficient (Wildman–Crippen LogP) is 2.80. The maximum absolute atomic E-state index is 12.6. The smallest absolute Gasteiger partial charge is 0.266 e. The fraction of sp³-hybridized carbons (Fsp3) is 0.941. The molecular weight excluding hydrogens is 325 g/mol. The van der Waals surface area contributed by atoms with Crippen molar-refractivity contribution in [1.82, 2.24) is 14.9 Å². The second-order valence-corrected chi connectivity index (χ2v) is 8.88. The van der Waals surface area contributed by atoms with Crippen molar-refractivity contribution in [1.29, 1.82) is 0 Å². The number of rotatable bonds is 11. The molecule has 1 unspecified atom stereocenters. The van der Waals surface area contributed by atoms with Crippen LogP contribution in [-0.4, -0.2) is 68.2 Å². The molecule has 7 heteroatoms. The Hall–Kier alpha value is -0.420. The van der Waals surface area contributed by atoms with Crippen molar-refractivity contribution < 1.29 is 13.9 Å². The highest BCUT2D eigenvalue weighted by molar-refractivity contribution is 7.56. The summed E-state index contributed by atoms with van der Waals surface area (Å²) in [6.45, 7) is 13.1. The van der Waals surface area contributed by atoms with Gasteiger partial charge in [0.15, 0.2) is 0 Å². The van der Waals surface area contributed by atoms with E-state index in [-0.39, 0.29) is 5.92 Å². The van der Waals surface area contributed by atoms with Gasteiger partial charge in [0, 0.05) is 51.9 Å². The lowest BCUT2D eigenvalue weighted by Gasteiger charge is -2.36. The average molecular weight is 361 g/mol. The van der Waals surface area contributed by atoms with Gasteiger partial charge in [-0.3, -0.25) is 14.3 Å². The summed E-state index contributed by atoms with van der Waals surface area (Å²) in [7, 11) is -2.66. The number of nitrogens with one attached hydrogen (secondary N) is 1. The molecule has 1 amide bonds. The van der Waals surface area contributed by atoms with Gasteiger partial charge in [-0.15, -0.1) is 0 Å². The van der Waals surface area contributed by atoms with Gasteiger partial charge >= 0.3 is 0 Å². The first-order chi connectivity index (χ1) is 11.4. The number of carbonyl (C=O) groups excluding carboxylic acids is 1. The highest BCUT2D eigenvalue weighted by Crippen LogP contribution is 2.36. The van der Waals surface area contributed by atoms with Gasteiger partial charge in [0.25, 0.3) is 7.52 Å². The van der Waals surface area contributed by atoms with Crippen molar-refractivity contribution in [3.05, 3.63) is 0 Å². The van der Waals surface area contributed by atoms with Crippen LogP contribution in [0.2, 0.25) is 0 Å². The third kappa shape index (κ3) is 7.64. The lowest BCUT2D eigenvalue weighted by Crippen LogP contribution is -2.51. The van der Waals surface area contributed by atoms with E-state index in [1.54, 1.807) is 6.66 Å². The van der Waals surface area contributed by atoms with E-state index in [2.05, 4.69) is 23.8 Å². The summed E-state index contributed by atoms with van der Waals surface area (Å²) in [6.07, 6.45) is 4.14. The highest BCUT2D eigenvalue weighted by atomic mass is 31.2. The largest absolute Gasteiger partial charge is 0.340 e. The molecule has 1 atom stereocenters. The first kappa shape index (κ1) is 21.6. The number of nitrogens with zero attached hydrogens (tertiary/aromatic N) is 2. The molecule has 0 aromatic rings. The van der Waals surface area contributed by atoms with Crippen molar-refractivity contribution in [3.8, 4) is 0 Å². The summed E-state index contributed by atoms with van der Waals surface area (Å²) in [5.41, 5.74) is 0. The number of amides is 1. The third-order valence-electron chi connectivity index (χ3n) is 4.51. The van der Waals surface area contributed by atoms with Crippen molar-refractivity contribution in [2.75, 3.05) is 52.5 Å². The lowest BCUT2D eigenvalue weighted by atomic mass is 9.96. The zero-order chi connectivity index (χ0) is 18.0. The van der Waals surface area contributed by atoms with Crippen molar-refractivity contribution in [3.63, 3.8) is 0 Å². The molecule has 0 bridgehead atoms. The fourth-order valence-corrected chi connectivity index (χ4v) is 4.33. The Bertz CT molecular complexity index is 406. The quantitative estimate of drug-likeness (QED) is 0.574. The molecule has 0 saturated carbocycles. The van der Waals surface area contributed by atoms with E-state index in [1.165, 1.54) is 0 Å². The standard InChI is InChI=1S/C17H36N3O3P/c1-5-8-16(9-6-2)17(21)20-14-12-19(13-15-20)11-10-18-24(4,22)23-7-3/h16H,5-15H2,1-4H3,(H,18,22). The molecule has 1 N–H and O–H groups in total. The van der Waals surface area contributed by atoms with E-state index >= 15 is 0 Å². The lowest BCUT2D eigenvalue weighted by molar-refractivity contribution is -0.137. The monoisotopic (exact) mass is 361 g/mol. The molecule has 1 saturated heterocycles. The fourth-order valence-electron chi connectivity index (χ4n) is 3.24. The molecule has 1 heterocycles. The van der Waals surface area contributed by atoms with Gasteiger partial charge in [0.05, 0.1) is 6.61 Å². The molecule has 1 rings (SSSR count). The number of hydrogen-bond donors (Lipinski definition) is 1. The summed E-state index contributed by atoms with van der Waals surface area (Å²) in [5, 5.41) is 3.00. The molecule has 142 valence electrons. The summed E-state index contributed by atoms with van der Waals surface area (Å²) >= 11 is 0. The van der Waals surface area contributed by atoms with Crippen LogP contribution in [0.15, 0.2) is 0 Å².